The number of ether oxygens (including phenoxy) is 2. The van der Waals surface area contributed by atoms with Crippen LogP contribution in [0.15, 0.2) is 48.5 Å². The van der Waals surface area contributed by atoms with Gasteiger partial charge in [0.2, 0.25) is 5.91 Å². The minimum atomic E-state index is 0. The number of nitrogen functional groups attached to an aromatic ring is 1. The largest absolute Gasteiger partial charge is 0.490 e. The van der Waals surface area contributed by atoms with E-state index in [0.29, 0.717) is 38.3 Å². The Morgan fingerprint density at radius 1 is 1.04 bits per heavy atom. The number of benzene rings is 2. The first kappa shape index (κ1) is 21.6. The minimum absolute atomic E-state index is 0. The second-order valence-electron chi connectivity index (χ2n) is 5.67. The molecule has 0 saturated heterocycles. The topological polar surface area (TPSA) is 73.6 Å². The van der Waals surface area contributed by atoms with Crippen LogP contribution < -0.4 is 20.5 Å². The zero-order valence-electron chi connectivity index (χ0n) is 15.1. The maximum atomic E-state index is 11.9. The lowest BCUT2D eigenvalue weighted by molar-refractivity contribution is -0.121. The molecule has 0 unspecified atom stereocenters. The van der Waals surface area contributed by atoms with E-state index in [0.717, 1.165) is 23.4 Å². The van der Waals surface area contributed by atoms with Crippen molar-refractivity contribution in [3.63, 3.8) is 0 Å². The summed E-state index contributed by atoms with van der Waals surface area (Å²) in [5.74, 6) is 1.49. The van der Waals surface area contributed by atoms with Crippen LogP contribution in [0, 0.1) is 0 Å². The summed E-state index contributed by atoms with van der Waals surface area (Å²) in [5, 5.41) is 2.93. The van der Waals surface area contributed by atoms with E-state index in [-0.39, 0.29) is 18.3 Å². The van der Waals surface area contributed by atoms with Gasteiger partial charge in [-0.05, 0) is 49.6 Å². The van der Waals surface area contributed by atoms with E-state index in [9.17, 15) is 4.79 Å². The summed E-state index contributed by atoms with van der Waals surface area (Å²) < 4.78 is 11.2. The average Bonchev–Trinajstić information content (AvgIpc) is 2.62. The van der Waals surface area contributed by atoms with Crippen LogP contribution in [0.2, 0.25) is 0 Å². The van der Waals surface area contributed by atoms with E-state index >= 15 is 0 Å². The fraction of sp³-hybridized carbons (Fsp3) is 0.350. The molecule has 0 aliphatic heterocycles. The first-order chi connectivity index (χ1) is 12.2. The highest BCUT2D eigenvalue weighted by Gasteiger charge is 2.05. The third-order valence-corrected chi connectivity index (χ3v) is 3.67. The summed E-state index contributed by atoms with van der Waals surface area (Å²) >= 11 is 0. The summed E-state index contributed by atoms with van der Waals surface area (Å²) in [7, 11) is 0. The molecule has 2 rings (SSSR count). The maximum Gasteiger partial charge on any atom is 0.220 e. The number of hydrogen-bond donors (Lipinski definition) is 2. The number of nitrogens with one attached hydrogen (secondary N) is 1. The van der Waals surface area contributed by atoms with Gasteiger partial charge in [0.25, 0.3) is 0 Å². The second-order valence-corrected chi connectivity index (χ2v) is 5.67. The quantitative estimate of drug-likeness (QED) is 0.489. The van der Waals surface area contributed by atoms with Gasteiger partial charge in [-0.25, -0.2) is 0 Å². The molecule has 2 aromatic carbocycles. The molecule has 0 aliphatic rings. The minimum Gasteiger partial charge on any atom is -0.490 e. The van der Waals surface area contributed by atoms with Crippen molar-refractivity contribution in [2.45, 2.75) is 26.2 Å². The highest BCUT2D eigenvalue weighted by molar-refractivity contribution is 5.85. The fourth-order valence-corrected chi connectivity index (χ4v) is 2.38. The number of nitrogens with two attached hydrogens (primary N) is 1. The normalized spacial score (nSPS) is 9.88. The van der Waals surface area contributed by atoms with Crippen LogP contribution >= 0.6 is 12.4 Å². The van der Waals surface area contributed by atoms with E-state index in [1.807, 2.05) is 55.5 Å². The Hall–Kier alpha value is -2.40. The van der Waals surface area contributed by atoms with Crippen molar-refractivity contribution in [3.8, 4) is 11.5 Å². The van der Waals surface area contributed by atoms with Crippen molar-refractivity contribution in [2.24, 2.45) is 0 Å². The fourth-order valence-electron chi connectivity index (χ4n) is 2.38. The van der Waals surface area contributed by atoms with Crippen LogP contribution in [0.1, 0.15) is 25.3 Å². The van der Waals surface area contributed by atoms with E-state index in [4.69, 9.17) is 15.2 Å². The molecule has 0 bridgehead atoms. The predicted octanol–water partition coefficient (Wildman–Crippen LogP) is 3.61. The Bertz CT molecular complexity index is 662. The Kier molecular flexibility index (Phi) is 10.0. The lowest BCUT2D eigenvalue weighted by atomic mass is 10.1. The highest BCUT2D eigenvalue weighted by Crippen LogP contribution is 2.26. The Morgan fingerprint density at radius 3 is 2.35 bits per heavy atom. The molecule has 0 radical (unpaired) electrons. The molecule has 0 atom stereocenters. The van der Waals surface area contributed by atoms with Crippen molar-refractivity contribution in [2.75, 3.05) is 25.5 Å². The number of amides is 1. The van der Waals surface area contributed by atoms with E-state index in [1.54, 1.807) is 0 Å². The van der Waals surface area contributed by atoms with Gasteiger partial charge in [0.05, 0.1) is 13.2 Å². The second kappa shape index (κ2) is 12.0. The van der Waals surface area contributed by atoms with Crippen LogP contribution in [0.4, 0.5) is 5.69 Å². The average molecular weight is 379 g/mol. The van der Waals surface area contributed by atoms with Crippen molar-refractivity contribution in [1.29, 1.82) is 0 Å². The molecular weight excluding hydrogens is 352 g/mol. The monoisotopic (exact) mass is 378 g/mol. The molecule has 0 heterocycles. The zero-order valence-corrected chi connectivity index (χ0v) is 15.9. The van der Waals surface area contributed by atoms with E-state index < -0.39 is 0 Å². The SMILES string of the molecule is CCOc1ccccc1OCCCC(=O)NCCc1ccc(N)cc1.Cl. The van der Waals surface area contributed by atoms with Gasteiger partial charge in [0, 0.05) is 18.7 Å². The molecule has 0 fully saturated rings. The van der Waals surface area contributed by atoms with Gasteiger partial charge in [0.1, 0.15) is 0 Å². The van der Waals surface area contributed by atoms with Crippen molar-refractivity contribution >= 4 is 24.0 Å². The molecule has 5 nitrogen and oxygen atoms in total. The van der Waals surface area contributed by atoms with Crippen LogP contribution in [0.5, 0.6) is 11.5 Å². The molecule has 142 valence electrons. The van der Waals surface area contributed by atoms with Crippen LogP contribution in [0.3, 0.4) is 0 Å². The molecule has 0 aromatic heterocycles. The summed E-state index contributed by atoms with van der Waals surface area (Å²) in [4.78, 5) is 11.9. The number of halogens is 1. The summed E-state index contributed by atoms with van der Waals surface area (Å²) in [5.41, 5.74) is 7.56. The van der Waals surface area contributed by atoms with Gasteiger partial charge in [-0.1, -0.05) is 24.3 Å². The molecule has 1 amide bonds. The highest BCUT2D eigenvalue weighted by atomic mass is 35.5. The lowest BCUT2D eigenvalue weighted by Gasteiger charge is -2.11. The molecule has 0 spiro atoms. The number of anilines is 1. The molecule has 0 aliphatic carbocycles. The van der Waals surface area contributed by atoms with Gasteiger partial charge >= 0.3 is 0 Å². The first-order valence-corrected chi connectivity index (χ1v) is 8.64. The van der Waals surface area contributed by atoms with Gasteiger partial charge in [0.15, 0.2) is 11.5 Å². The van der Waals surface area contributed by atoms with Crippen LogP contribution in [-0.4, -0.2) is 25.7 Å². The molecular formula is C20H27ClN2O3. The predicted molar refractivity (Wildman–Crippen MR) is 107 cm³/mol. The number of carbonyl (C=O) groups excluding carboxylic acids is 1. The summed E-state index contributed by atoms with van der Waals surface area (Å²) in [6.07, 6.45) is 1.90. The zero-order chi connectivity index (χ0) is 17.9. The van der Waals surface area contributed by atoms with Crippen LogP contribution in [0.25, 0.3) is 0 Å². The number of carbonyl (C=O) groups is 1. The van der Waals surface area contributed by atoms with Gasteiger partial charge in [-0.15, -0.1) is 12.4 Å². The van der Waals surface area contributed by atoms with Gasteiger partial charge in [-0.3, -0.25) is 4.79 Å². The third kappa shape index (κ3) is 7.66. The smallest absolute Gasteiger partial charge is 0.220 e. The molecule has 3 N–H and O–H groups in total. The molecule has 2 aromatic rings. The van der Waals surface area contributed by atoms with Crippen molar-refractivity contribution < 1.29 is 14.3 Å². The van der Waals surface area contributed by atoms with E-state index in [1.165, 1.54) is 0 Å². The van der Waals surface area contributed by atoms with Crippen molar-refractivity contribution in [3.05, 3.63) is 54.1 Å². The Balaban J connectivity index is 0.00000338. The summed E-state index contributed by atoms with van der Waals surface area (Å²) in [6, 6.07) is 15.3. The molecule has 26 heavy (non-hydrogen) atoms. The third-order valence-electron chi connectivity index (χ3n) is 3.67. The standard InChI is InChI=1S/C20H26N2O3.ClH/c1-2-24-18-6-3-4-7-19(18)25-15-5-8-20(23)22-14-13-16-9-11-17(21)12-10-16;/h3-4,6-7,9-12H,2,5,8,13-15,21H2,1H3,(H,22,23);1H. The number of para-hydroxylation sites is 2. The lowest BCUT2D eigenvalue weighted by Crippen LogP contribution is -2.25. The van der Waals surface area contributed by atoms with Gasteiger partial charge in [-0.2, -0.15) is 0 Å². The maximum absolute atomic E-state index is 11.9. The molecule has 0 saturated carbocycles. The molecule has 6 heteroatoms. The van der Waals surface area contributed by atoms with Gasteiger partial charge < -0.3 is 20.5 Å². The summed E-state index contributed by atoms with van der Waals surface area (Å²) in [6.45, 7) is 3.63. The Morgan fingerprint density at radius 2 is 1.69 bits per heavy atom. The van der Waals surface area contributed by atoms with Crippen molar-refractivity contribution in [1.82, 2.24) is 5.32 Å². The Labute approximate surface area is 161 Å². The van der Waals surface area contributed by atoms with Crippen LogP contribution in [-0.2, 0) is 11.2 Å². The number of rotatable bonds is 10. The first-order valence-electron chi connectivity index (χ1n) is 8.64. The van der Waals surface area contributed by atoms with E-state index in [2.05, 4.69) is 5.32 Å². The number of hydrogen-bond acceptors (Lipinski definition) is 4.